The van der Waals surface area contributed by atoms with E-state index in [1.807, 2.05) is 41.9 Å². The third-order valence-corrected chi connectivity index (χ3v) is 5.22. The Morgan fingerprint density at radius 1 is 1.24 bits per heavy atom. The van der Waals surface area contributed by atoms with Gasteiger partial charge in [-0.1, -0.05) is 18.2 Å². The van der Waals surface area contributed by atoms with E-state index in [0.717, 1.165) is 32.9 Å². The van der Waals surface area contributed by atoms with E-state index < -0.39 is 0 Å². The van der Waals surface area contributed by atoms with Gasteiger partial charge in [0.1, 0.15) is 10.6 Å². The molecule has 0 aliphatic carbocycles. The van der Waals surface area contributed by atoms with Crippen LogP contribution >= 0.6 is 11.3 Å². The molecule has 3 aromatic heterocycles. The van der Waals surface area contributed by atoms with Crippen LogP contribution in [0.25, 0.3) is 15.9 Å². The topological polar surface area (TPSA) is 60.1 Å². The third-order valence-electron chi connectivity index (χ3n) is 4.12. The zero-order chi connectivity index (χ0) is 17.4. The smallest absolute Gasteiger partial charge is 0.261 e. The molecular formula is C19H17N3O2S. The molecule has 3 heterocycles. The minimum Gasteiger partial charge on any atom is -0.467 e. The molecule has 0 spiro atoms. The van der Waals surface area contributed by atoms with Crippen molar-refractivity contribution in [1.29, 1.82) is 0 Å². The van der Waals surface area contributed by atoms with Crippen molar-refractivity contribution >= 4 is 27.5 Å². The Labute approximate surface area is 148 Å². The van der Waals surface area contributed by atoms with Crippen molar-refractivity contribution in [2.24, 2.45) is 0 Å². The van der Waals surface area contributed by atoms with Gasteiger partial charge < -0.3 is 9.73 Å². The molecule has 5 nitrogen and oxygen atoms in total. The molecule has 0 fully saturated rings. The summed E-state index contributed by atoms with van der Waals surface area (Å²) in [6.45, 7) is 4.40. The van der Waals surface area contributed by atoms with Gasteiger partial charge in [-0.25, -0.2) is 4.68 Å². The number of aryl methyl sites for hydroxylation is 2. The summed E-state index contributed by atoms with van der Waals surface area (Å²) in [7, 11) is 0. The summed E-state index contributed by atoms with van der Waals surface area (Å²) in [4.78, 5) is 14.1. The van der Waals surface area contributed by atoms with Crippen molar-refractivity contribution in [3.05, 3.63) is 70.6 Å². The Morgan fingerprint density at radius 2 is 2.08 bits per heavy atom. The van der Waals surface area contributed by atoms with Gasteiger partial charge in [0.25, 0.3) is 5.91 Å². The van der Waals surface area contributed by atoms with E-state index in [4.69, 9.17) is 4.42 Å². The van der Waals surface area contributed by atoms with Gasteiger partial charge in [0.2, 0.25) is 0 Å². The normalized spacial score (nSPS) is 11.1. The number of carbonyl (C=O) groups excluding carboxylic acids is 1. The number of thiophene rings is 1. The first kappa shape index (κ1) is 15.7. The molecule has 0 saturated heterocycles. The van der Waals surface area contributed by atoms with E-state index in [1.54, 1.807) is 12.3 Å². The summed E-state index contributed by atoms with van der Waals surface area (Å²) >= 11 is 1.45. The highest BCUT2D eigenvalue weighted by Crippen LogP contribution is 2.31. The lowest BCUT2D eigenvalue weighted by molar-refractivity contribution is 0.0952. The van der Waals surface area contributed by atoms with Crippen molar-refractivity contribution in [1.82, 2.24) is 15.1 Å². The Morgan fingerprint density at radius 3 is 2.84 bits per heavy atom. The van der Waals surface area contributed by atoms with Gasteiger partial charge in [0.15, 0.2) is 0 Å². The van der Waals surface area contributed by atoms with Crippen LogP contribution < -0.4 is 5.32 Å². The number of aromatic nitrogens is 2. The van der Waals surface area contributed by atoms with E-state index >= 15 is 0 Å². The number of rotatable bonds is 4. The third kappa shape index (κ3) is 2.85. The molecule has 0 bridgehead atoms. The molecule has 0 saturated carbocycles. The first-order valence-electron chi connectivity index (χ1n) is 7.99. The number of fused-ring (bicyclic) bond motifs is 1. The molecule has 25 heavy (non-hydrogen) atoms. The highest BCUT2D eigenvalue weighted by molar-refractivity contribution is 7.20. The fourth-order valence-electron chi connectivity index (χ4n) is 2.79. The van der Waals surface area contributed by atoms with Crippen LogP contribution in [0.4, 0.5) is 0 Å². The van der Waals surface area contributed by atoms with Crippen molar-refractivity contribution in [2.75, 3.05) is 0 Å². The number of hydrogen-bond donors (Lipinski definition) is 1. The zero-order valence-corrected chi connectivity index (χ0v) is 14.8. The lowest BCUT2D eigenvalue weighted by Gasteiger charge is -2.05. The molecule has 6 heteroatoms. The predicted octanol–water partition coefficient (Wildman–Crippen LogP) is 4.23. The highest BCUT2D eigenvalue weighted by atomic mass is 32.1. The Balaban J connectivity index is 1.67. The first-order valence-corrected chi connectivity index (χ1v) is 8.81. The average Bonchev–Trinajstić information content (AvgIpc) is 3.32. The second kappa shape index (κ2) is 6.22. The zero-order valence-electron chi connectivity index (χ0n) is 13.9. The van der Waals surface area contributed by atoms with Gasteiger partial charge in [-0.3, -0.25) is 4.79 Å². The number of nitrogens with one attached hydrogen (secondary N) is 1. The highest BCUT2D eigenvalue weighted by Gasteiger charge is 2.17. The van der Waals surface area contributed by atoms with Crippen molar-refractivity contribution < 1.29 is 9.21 Å². The lowest BCUT2D eigenvalue weighted by Crippen LogP contribution is -2.21. The fraction of sp³-hybridized carbons (Fsp3) is 0.158. The van der Waals surface area contributed by atoms with Crippen molar-refractivity contribution in [2.45, 2.75) is 20.4 Å². The molecular weight excluding hydrogens is 334 g/mol. The van der Waals surface area contributed by atoms with Gasteiger partial charge in [-0.15, -0.1) is 11.3 Å². The van der Waals surface area contributed by atoms with Gasteiger partial charge in [-0.05, 0) is 43.7 Å². The maximum atomic E-state index is 12.5. The summed E-state index contributed by atoms with van der Waals surface area (Å²) in [5, 5.41) is 8.55. The van der Waals surface area contributed by atoms with Crippen LogP contribution in [-0.2, 0) is 6.54 Å². The Kier molecular flexibility index (Phi) is 3.89. The van der Waals surface area contributed by atoms with Gasteiger partial charge in [-0.2, -0.15) is 5.10 Å². The molecule has 0 atom stereocenters. The van der Waals surface area contributed by atoms with Gasteiger partial charge in [0, 0.05) is 5.39 Å². The fourth-order valence-corrected chi connectivity index (χ4v) is 3.88. The van der Waals surface area contributed by atoms with Crippen LogP contribution in [0.3, 0.4) is 0 Å². The number of benzene rings is 1. The number of amides is 1. The van der Waals surface area contributed by atoms with Crippen molar-refractivity contribution in [3.8, 4) is 5.69 Å². The minimum absolute atomic E-state index is 0.103. The minimum atomic E-state index is -0.103. The Hall–Kier alpha value is -2.86. The largest absolute Gasteiger partial charge is 0.467 e. The number of hydrogen-bond acceptors (Lipinski definition) is 4. The summed E-state index contributed by atoms with van der Waals surface area (Å²) in [6, 6.07) is 13.7. The summed E-state index contributed by atoms with van der Waals surface area (Å²) in [5.41, 5.74) is 3.09. The van der Waals surface area contributed by atoms with Crippen LogP contribution in [0, 0.1) is 13.8 Å². The van der Waals surface area contributed by atoms with E-state index in [9.17, 15) is 4.79 Å². The maximum absolute atomic E-state index is 12.5. The van der Waals surface area contributed by atoms with E-state index in [0.29, 0.717) is 11.4 Å². The second-order valence-corrected chi connectivity index (χ2v) is 6.91. The van der Waals surface area contributed by atoms with Crippen molar-refractivity contribution in [3.63, 3.8) is 0 Å². The predicted molar refractivity (Wildman–Crippen MR) is 98.3 cm³/mol. The van der Waals surface area contributed by atoms with E-state index in [1.165, 1.54) is 11.3 Å². The van der Waals surface area contributed by atoms with Gasteiger partial charge >= 0.3 is 0 Å². The number of nitrogens with zero attached hydrogens (tertiary/aromatic N) is 2. The molecule has 1 N–H and O–H groups in total. The van der Waals surface area contributed by atoms with E-state index in [-0.39, 0.29) is 5.91 Å². The summed E-state index contributed by atoms with van der Waals surface area (Å²) in [5.74, 6) is 0.630. The van der Waals surface area contributed by atoms with Gasteiger partial charge in [0.05, 0.1) is 29.1 Å². The molecule has 0 radical (unpaired) electrons. The molecule has 4 aromatic rings. The standard InChI is InChI=1S/C19H17N3O2S/c1-12-6-3-4-8-16(12)22-19-15(13(2)21-22)10-17(25-19)18(23)20-11-14-7-5-9-24-14/h3-10H,11H2,1-2H3,(H,20,23). The number of carbonyl (C=O) groups is 1. The molecule has 4 rings (SSSR count). The van der Waals surface area contributed by atoms with E-state index in [2.05, 4.69) is 23.4 Å². The summed E-state index contributed by atoms with van der Waals surface area (Å²) in [6.07, 6.45) is 1.60. The SMILES string of the molecule is Cc1ccccc1-n1nc(C)c2cc(C(=O)NCc3ccco3)sc21. The Bertz CT molecular complexity index is 1040. The molecule has 1 amide bonds. The van der Waals surface area contributed by atoms with Crippen LogP contribution in [0.1, 0.15) is 26.7 Å². The molecule has 0 unspecified atom stereocenters. The summed E-state index contributed by atoms with van der Waals surface area (Å²) < 4.78 is 7.17. The molecule has 0 aliphatic heterocycles. The van der Waals surface area contributed by atoms with Crippen LogP contribution in [0.15, 0.2) is 53.1 Å². The quantitative estimate of drug-likeness (QED) is 0.599. The maximum Gasteiger partial charge on any atom is 0.261 e. The number of furan rings is 1. The molecule has 1 aromatic carbocycles. The van der Waals surface area contributed by atoms with Crippen LogP contribution in [-0.4, -0.2) is 15.7 Å². The lowest BCUT2D eigenvalue weighted by atomic mass is 10.2. The average molecular weight is 351 g/mol. The first-order chi connectivity index (χ1) is 12.1. The number of para-hydroxylation sites is 1. The van der Waals surface area contributed by atoms with Crippen LogP contribution in [0.5, 0.6) is 0 Å². The second-order valence-electron chi connectivity index (χ2n) is 5.88. The molecule has 0 aliphatic rings. The van der Waals surface area contributed by atoms with Crippen LogP contribution in [0.2, 0.25) is 0 Å². The molecule has 126 valence electrons. The monoisotopic (exact) mass is 351 g/mol.